The predicted octanol–water partition coefficient (Wildman–Crippen LogP) is 5.46. The molecule has 0 radical (unpaired) electrons. The van der Waals surface area contributed by atoms with Crippen LogP contribution in [0.25, 0.3) is 10.9 Å². The lowest BCUT2D eigenvalue weighted by molar-refractivity contribution is 0.177. The molecule has 0 spiro atoms. The first-order valence-electron chi connectivity index (χ1n) is 9.48. The Morgan fingerprint density at radius 3 is 2.16 bits per heavy atom. The normalized spacial score (nSPS) is 18.8. The van der Waals surface area contributed by atoms with Gasteiger partial charge in [-0.2, -0.15) is 0 Å². The number of benzene rings is 2. The molecular formula is C23H28BN. The fourth-order valence-electron chi connectivity index (χ4n) is 4.46. The summed E-state index contributed by atoms with van der Waals surface area (Å²) in [5.74, 6) is 0. The molecule has 1 saturated heterocycles. The van der Waals surface area contributed by atoms with Gasteiger partial charge in [0.25, 0.3) is 0 Å². The summed E-state index contributed by atoms with van der Waals surface area (Å²) in [5, 5.41) is 1.31. The van der Waals surface area contributed by atoms with E-state index in [2.05, 4.69) is 93.1 Å². The van der Waals surface area contributed by atoms with Crippen LogP contribution in [0.5, 0.6) is 0 Å². The highest BCUT2D eigenvalue weighted by atomic mass is 14.9. The lowest BCUT2D eigenvalue weighted by Gasteiger charge is -2.35. The van der Waals surface area contributed by atoms with Crippen molar-refractivity contribution in [3.05, 3.63) is 66.4 Å². The molecule has 4 rings (SSSR count). The second kappa shape index (κ2) is 5.80. The topological polar surface area (TPSA) is 4.93 Å². The van der Waals surface area contributed by atoms with Gasteiger partial charge in [0, 0.05) is 18.3 Å². The lowest BCUT2D eigenvalue weighted by atomic mass is 9.42. The van der Waals surface area contributed by atoms with Crippen molar-refractivity contribution in [2.45, 2.75) is 46.9 Å². The zero-order valence-corrected chi connectivity index (χ0v) is 15.9. The molecule has 2 heteroatoms. The van der Waals surface area contributed by atoms with Crippen LogP contribution >= 0.6 is 0 Å². The fraction of sp³-hybridized carbons (Fsp3) is 0.391. The van der Waals surface area contributed by atoms with Crippen molar-refractivity contribution >= 4 is 23.1 Å². The summed E-state index contributed by atoms with van der Waals surface area (Å²) < 4.78 is 2.34. The molecule has 0 atom stereocenters. The van der Waals surface area contributed by atoms with Crippen molar-refractivity contribution in [3.8, 4) is 0 Å². The van der Waals surface area contributed by atoms with Crippen molar-refractivity contribution in [2.24, 2.45) is 10.8 Å². The van der Waals surface area contributed by atoms with Gasteiger partial charge in [0.05, 0.1) is 0 Å². The van der Waals surface area contributed by atoms with Crippen LogP contribution in [0.15, 0.2) is 60.8 Å². The van der Waals surface area contributed by atoms with Gasteiger partial charge in [0.2, 0.25) is 0 Å². The van der Waals surface area contributed by atoms with Crippen molar-refractivity contribution in [1.82, 2.24) is 4.57 Å². The van der Waals surface area contributed by atoms with Gasteiger partial charge in [-0.1, -0.05) is 88.3 Å². The maximum absolute atomic E-state index is 2.43. The van der Waals surface area contributed by atoms with Crippen LogP contribution < -0.4 is 5.46 Å². The number of hydrogen-bond acceptors (Lipinski definition) is 0. The highest BCUT2D eigenvalue weighted by Crippen LogP contribution is 2.52. The Morgan fingerprint density at radius 1 is 0.840 bits per heavy atom. The molecule has 0 amide bonds. The highest BCUT2D eigenvalue weighted by Gasteiger charge is 2.47. The van der Waals surface area contributed by atoms with E-state index in [1.165, 1.54) is 34.6 Å². The average molecular weight is 329 g/mol. The maximum Gasteiger partial charge on any atom is 0.176 e. The molecule has 3 aromatic rings. The molecular weight excluding hydrogens is 301 g/mol. The molecule has 2 heterocycles. The van der Waals surface area contributed by atoms with E-state index in [4.69, 9.17) is 0 Å². The van der Waals surface area contributed by atoms with Crippen LogP contribution in [0.2, 0.25) is 12.6 Å². The van der Waals surface area contributed by atoms with Gasteiger partial charge >= 0.3 is 0 Å². The number of para-hydroxylation sites is 1. The van der Waals surface area contributed by atoms with Gasteiger partial charge in [0.15, 0.2) is 6.71 Å². The van der Waals surface area contributed by atoms with E-state index >= 15 is 0 Å². The minimum atomic E-state index is 0.417. The molecule has 128 valence electrons. The molecule has 0 N–H and O–H groups in total. The molecule has 0 aliphatic carbocycles. The zero-order chi connectivity index (χ0) is 17.7. The molecule has 0 unspecified atom stereocenters. The number of rotatable bonds is 3. The third-order valence-electron chi connectivity index (χ3n) is 6.83. The van der Waals surface area contributed by atoms with Gasteiger partial charge in [0.1, 0.15) is 0 Å². The van der Waals surface area contributed by atoms with Gasteiger partial charge < -0.3 is 4.57 Å². The molecule has 0 bridgehead atoms. The van der Waals surface area contributed by atoms with E-state index in [1.54, 1.807) is 0 Å². The van der Waals surface area contributed by atoms with E-state index in [0.29, 0.717) is 17.5 Å². The van der Waals surface area contributed by atoms with E-state index in [-0.39, 0.29) is 0 Å². The summed E-state index contributed by atoms with van der Waals surface area (Å²) in [5.41, 5.74) is 5.04. The van der Waals surface area contributed by atoms with E-state index in [1.807, 2.05) is 0 Å². The van der Waals surface area contributed by atoms with E-state index < -0.39 is 0 Å². The molecule has 1 aromatic heterocycles. The first kappa shape index (κ1) is 16.5. The predicted molar refractivity (Wildman–Crippen MR) is 110 cm³/mol. The third kappa shape index (κ3) is 2.92. The molecule has 1 aliphatic rings. The van der Waals surface area contributed by atoms with Gasteiger partial charge in [-0.15, -0.1) is 0 Å². The second-order valence-corrected chi connectivity index (χ2v) is 9.12. The molecule has 1 aliphatic heterocycles. The number of fused-ring (bicyclic) bond motifs is 1. The van der Waals surface area contributed by atoms with Crippen LogP contribution in [0.1, 0.15) is 33.3 Å². The maximum atomic E-state index is 2.43. The van der Waals surface area contributed by atoms with Gasteiger partial charge in [-0.25, -0.2) is 0 Å². The minimum absolute atomic E-state index is 0.417. The summed E-state index contributed by atoms with van der Waals surface area (Å²) in [6, 6.07) is 20.2. The molecule has 0 saturated carbocycles. The van der Waals surface area contributed by atoms with Crippen LogP contribution in [-0.2, 0) is 6.54 Å². The minimum Gasteiger partial charge on any atom is -0.343 e. The third-order valence-corrected chi connectivity index (χ3v) is 6.83. The quantitative estimate of drug-likeness (QED) is 0.563. The monoisotopic (exact) mass is 329 g/mol. The lowest BCUT2D eigenvalue weighted by Crippen LogP contribution is -2.27. The summed E-state index contributed by atoms with van der Waals surface area (Å²) in [7, 11) is 0. The van der Waals surface area contributed by atoms with Gasteiger partial charge in [-0.05, 0) is 33.9 Å². The standard InChI is InChI=1S/C23H28BN/c1-22(2)16-24(17-23(22,3)4)20-11-9-18(10-12-20)15-25-14-13-19-7-5-6-8-21(19)25/h5-14H,15-17H2,1-4H3. The summed E-state index contributed by atoms with van der Waals surface area (Å²) in [6.07, 6.45) is 4.78. The first-order chi connectivity index (χ1) is 11.9. The van der Waals surface area contributed by atoms with Crippen LogP contribution in [-0.4, -0.2) is 11.3 Å². The number of hydrogen-bond donors (Lipinski definition) is 0. The Bertz CT molecular complexity index is 870. The van der Waals surface area contributed by atoms with Crippen LogP contribution in [0.3, 0.4) is 0 Å². The Hall–Kier alpha value is -1.96. The largest absolute Gasteiger partial charge is 0.343 e. The van der Waals surface area contributed by atoms with Crippen molar-refractivity contribution in [3.63, 3.8) is 0 Å². The Labute approximate surface area is 152 Å². The smallest absolute Gasteiger partial charge is 0.176 e. The van der Waals surface area contributed by atoms with E-state index in [0.717, 1.165) is 6.54 Å². The molecule has 1 nitrogen and oxygen atoms in total. The van der Waals surface area contributed by atoms with E-state index in [9.17, 15) is 0 Å². The Morgan fingerprint density at radius 2 is 1.48 bits per heavy atom. The highest BCUT2D eigenvalue weighted by molar-refractivity contribution is 6.74. The second-order valence-electron chi connectivity index (χ2n) is 9.12. The van der Waals surface area contributed by atoms with Crippen LogP contribution in [0.4, 0.5) is 0 Å². The number of aromatic nitrogens is 1. The average Bonchev–Trinajstić information content (AvgIpc) is 3.07. The van der Waals surface area contributed by atoms with Crippen molar-refractivity contribution in [2.75, 3.05) is 0 Å². The summed E-state index contributed by atoms with van der Waals surface area (Å²) in [4.78, 5) is 0. The van der Waals surface area contributed by atoms with Crippen molar-refractivity contribution < 1.29 is 0 Å². The summed E-state index contributed by atoms with van der Waals surface area (Å²) >= 11 is 0. The zero-order valence-electron chi connectivity index (χ0n) is 15.9. The Kier molecular flexibility index (Phi) is 3.83. The SMILES string of the molecule is CC1(C)CB(c2ccc(Cn3ccc4ccccc43)cc2)CC1(C)C. The van der Waals surface area contributed by atoms with Gasteiger partial charge in [-0.3, -0.25) is 0 Å². The summed E-state index contributed by atoms with van der Waals surface area (Å²) in [6.45, 7) is 11.4. The molecule has 1 fully saturated rings. The Balaban J connectivity index is 1.53. The first-order valence-corrected chi connectivity index (χ1v) is 9.48. The number of nitrogens with zero attached hydrogens (tertiary/aromatic N) is 1. The van der Waals surface area contributed by atoms with Crippen molar-refractivity contribution in [1.29, 1.82) is 0 Å². The molecule has 25 heavy (non-hydrogen) atoms. The molecule has 2 aromatic carbocycles. The fourth-order valence-corrected chi connectivity index (χ4v) is 4.46. The van der Waals surface area contributed by atoms with Crippen LogP contribution in [0, 0.1) is 10.8 Å².